The molecule has 0 amide bonds. The van der Waals surface area contributed by atoms with Gasteiger partial charge >= 0.3 is 0 Å². The lowest BCUT2D eigenvalue weighted by atomic mass is 10.2. The number of aromatic nitrogens is 3. The van der Waals surface area contributed by atoms with Gasteiger partial charge in [0.15, 0.2) is 5.16 Å². The topological polar surface area (TPSA) is 83.3 Å². The molecule has 0 saturated heterocycles. The van der Waals surface area contributed by atoms with E-state index < -0.39 is 0 Å². The summed E-state index contributed by atoms with van der Waals surface area (Å²) in [4.78, 5) is 18.4. The Hall–Kier alpha value is -3.52. The summed E-state index contributed by atoms with van der Waals surface area (Å²) in [6.07, 6.45) is 0. The van der Waals surface area contributed by atoms with E-state index in [4.69, 9.17) is 18.7 Å². The minimum absolute atomic E-state index is 0.213. The Kier molecular flexibility index (Phi) is 5.22. The molecule has 0 atom stereocenters. The molecule has 0 spiro atoms. The van der Waals surface area contributed by atoms with Crippen molar-refractivity contribution in [2.75, 3.05) is 7.11 Å². The summed E-state index contributed by atoms with van der Waals surface area (Å²) in [5.41, 5.74) is 4.05. The van der Waals surface area contributed by atoms with E-state index >= 15 is 0 Å². The van der Waals surface area contributed by atoms with Crippen molar-refractivity contribution in [3.8, 4) is 5.75 Å². The van der Waals surface area contributed by atoms with Crippen LogP contribution >= 0.6 is 11.8 Å². The molecule has 0 radical (unpaired) electrons. The monoisotopic (exact) mass is 447 g/mol. The Morgan fingerprint density at radius 1 is 1.12 bits per heavy atom. The average molecular weight is 448 g/mol. The quantitative estimate of drug-likeness (QED) is 0.265. The van der Waals surface area contributed by atoms with Gasteiger partial charge in [-0.3, -0.25) is 9.36 Å². The SMILES string of the molecule is COc1cccc(Cn2c(SCc3c(C)noc3C)nc3c(oc4ccccc43)c2=O)c1. The molecule has 0 saturated carbocycles. The van der Waals surface area contributed by atoms with Gasteiger partial charge in [0.2, 0.25) is 5.58 Å². The first kappa shape index (κ1) is 20.4. The minimum atomic E-state index is -0.213. The molecule has 0 unspecified atom stereocenters. The molecule has 8 heteroatoms. The number of benzene rings is 2. The largest absolute Gasteiger partial charge is 0.497 e. The Labute approximate surface area is 188 Å². The van der Waals surface area contributed by atoms with Crippen LogP contribution in [0.15, 0.2) is 67.4 Å². The third kappa shape index (κ3) is 3.56. The van der Waals surface area contributed by atoms with Gasteiger partial charge in [0.1, 0.15) is 22.6 Å². The summed E-state index contributed by atoms with van der Waals surface area (Å²) in [6.45, 7) is 4.15. The summed E-state index contributed by atoms with van der Waals surface area (Å²) < 4.78 is 18.2. The molecule has 7 nitrogen and oxygen atoms in total. The standard InChI is InChI=1S/C24H21N3O4S/c1-14-19(15(2)31-26-14)13-32-24-25-21-18-9-4-5-10-20(18)30-22(21)23(28)27(24)12-16-7-6-8-17(11-16)29-3/h4-11H,12-13H2,1-3H3. The van der Waals surface area contributed by atoms with Gasteiger partial charge < -0.3 is 13.7 Å². The lowest BCUT2D eigenvalue weighted by Crippen LogP contribution is -2.23. The molecule has 0 aliphatic heterocycles. The average Bonchev–Trinajstić information content (AvgIpc) is 3.34. The highest BCUT2D eigenvalue weighted by molar-refractivity contribution is 7.98. The van der Waals surface area contributed by atoms with E-state index in [1.807, 2.05) is 62.4 Å². The maximum atomic E-state index is 13.5. The molecule has 5 rings (SSSR count). The Bertz CT molecular complexity index is 1480. The van der Waals surface area contributed by atoms with Gasteiger partial charge in [0, 0.05) is 16.7 Å². The summed E-state index contributed by atoms with van der Waals surface area (Å²) in [6, 6.07) is 15.2. The predicted molar refractivity (Wildman–Crippen MR) is 123 cm³/mol. The summed E-state index contributed by atoms with van der Waals surface area (Å²) >= 11 is 1.48. The number of furan rings is 1. The fourth-order valence-corrected chi connectivity index (χ4v) is 4.85. The number of hydrogen-bond donors (Lipinski definition) is 0. The second kappa shape index (κ2) is 8.20. The highest BCUT2D eigenvalue weighted by Crippen LogP contribution is 2.30. The summed E-state index contributed by atoms with van der Waals surface area (Å²) in [5, 5.41) is 5.47. The van der Waals surface area contributed by atoms with E-state index in [2.05, 4.69) is 5.16 Å². The molecular weight excluding hydrogens is 426 g/mol. The minimum Gasteiger partial charge on any atom is -0.497 e. The van der Waals surface area contributed by atoms with Crippen molar-refractivity contribution in [1.29, 1.82) is 0 Å². The zero-order valence-corrected chi connectivity index (χ0v) is 18.7. The smallest absolute Gasteiger partial charge is 0.298 e. The van der Waals surface area contributed by atoms with E-state index in [-0.39, 0.29) is 11.1 Å². The second-order valence-electron chi connectivity index (χ2n) is 7.50. The highest BCUT2D eigenvalue weighted by atomic mass is 32.2. The molecule has 3 aromatic heterocycles. The Morgan fingerprint density at radius 3 is 2.75 bits per heavy atom. The first-order valence-electron chi connectivity index (χ1n) is 10.1. The number of hydrogen-bond acceptors (Lipinski definition) is 7. The van der Waals surface area contributed by atoms with Crippen molar-refractivity contribution in [2.24, 2.45) is 0 Å². The fraction of sp³-hybridized carbons (Fsp3) is 0.208. The third-order valence-corrected chi connectivity index (χ3v) is 6.45. The molecule has 0 bridgehead atoms. The van der Waals surface area contributed by atoms with Crippen molar-refractivity contribution in [3.05, 3.63) is 81.5 Å². The third-order valence-electron chi connectivity index (χ3n) is 5.45. The fourth-order valence-electron chi connectivity index (χ4n) is 3.70. The van der Waals surface area contributed by atoms with Crippen molar-refractivity contribution in [1.82, 2.24) is 14.7 Å². The van der Waals surface area contributed by atoms with Gasteiger partial charge in [-0.1, -0.05) is 41.2 Å². The van der Waals surface area contributed by atoms with Gasteiger partial charge in [-0.15, -0.1) is 0 Å². The first-order valence-corrected chi connectivity index (χ1v) is 11.1. The lowest BCUT2D eigenvalue weighted by Gasteiger charge is -2.12. The van der Waals surface area contributed by atoms with Crippen LogP contribution in [-0.4, -0.2) is 21.8 Å². The highest BCUT2D eigenvalue weighted by Gasteiger charge is 2.19. The molecular formula is C24H21N3O4S. The van der Waals surface area contributed by atoms with Gasteiger partial charge in [-0.2, -0.15) is 0 Å². The van der Waals surface area contributed by atoms with E-state index in [0.717, 1.165) is 33.7 Å². The maximum Gasteiger partial charge on any atom is 0.298 e. The van der Waals surface area contributed by atoms with Crippen LogP contribution in [-0.2, 0) is 12.3 Å². The molecule has 0 aliphatic rings. The summed E-state index contributed by atoms with van der Waals surface area (Å²) in [7, 11) is 1.62. The number of rotatable bonds is 6. The van der Waals surface area contributed by atoms with Crippen LogP contribution in [0, 0.1) is 13.8 Å². The molecule has 162 valence electrons. The number of ether oxygens (including phenoxy) is 1. The normalized spacial score (nSPS) is 11.5. The predicted octanol–water partition coefficient (Wildman–Crippen LogP) is 5.10. The number of fused-ring (bicyclic) bond motifs is 3. The van der Waals surface area contributed by atoms with Crippen LogP contribution in [0.2, 0.25) is 0 Å². The molecule has 2 aromatic carbocycles. The van der Waals surface area contributed by atoms with Crippen LogP contribution in [0.5, 0.6) is 5.75 Å². The number of nitrogens with zero attached hydrogens (tertiary/aromatic N) is 3. The molecule has 5 aromatic rings. The summed E-state index contributed by atoms with van der Waals surface area (Å²) in [5.74, 6) is 2.09. The second-order valence-corrected chi connectivity index (χ2v) is 8.45. The number of para-hydroxylation sites is 1. The van der Waals surface area contributed by atoms with E-state index in [1.54, 1.807) is 11.7 Å². The van der Waals surface area contributed by atoms with Crippen molar-refractivity contribution in [3.63, 3.8) is 0 Å². The van der Waals surface area contributed by atoms with E-state index in [0.29, 0.717) is 28.6 Å². The van der Waals surface area contributed by atoms with Crippen LogP contribution in [0.3, 0.4) is 0 Å². The first-order chi connectivity index (χ1) is 15.5. The maximum absolute atomic E-state index is 13.5. The number of methoxy groups -OCH3 is 1. The van der Waals surface area contributed by atoms with E-state index in [9.17, 15) is 4.79 Å². The van der Waals surface area contributed by atoms with Crippen molar-refractivity contribution in [2.45, 2.75) is 31.3 Å². The molecule has 3 heterocycles. The number of aryl methyl sites for hydroxylation is 2. The molecule has 0 N–H and O–H groups in total. The Morgan fingerprint density at radius 2 is 1.97 bits per heavy atom. The van der Waals surface area contributed by atoms with Crippen molar-refractivity contribution < 1.29 is 13.7 Å². The molecule has 0 aliphatic carbocycles. The van der Waals surface area contributed by atoms with Crippen LogP contribution in [0.4, 0.5) is 0 Å². The number of thioether (sulfide) groups is 1. The van der Waals surface area contributed by atoms with Gasteiger partial charge in [-0.25, -0.2) is 4.98 Å². The molecule has 0 fully saturated rings. The lowest BCUT2D eigenvalue weighted by molar-refractivity contribution is 0.392. The van der Waals surface area contributed by atoms with Crippen LogP contribution in [0.1, 0.15) is 22.6 Å². The van der Waals surface area contributed by atoms with Crippen molar-refractivity contribution >= 4 is 33.8 Å². The van der Waals surface area contributed by atoms with Gasteiger partial charge in [0.05, 0.1) is 19.3 Å². The van der Waals surface area contributed by atoms with Crippen LogP contribution in [0.25, 0.3) is 22.1 Å². The van der Waals surface area contributed by atoms with Gasteiger partial charge in [-0.05, 0) is 43.7 Å². The zero-order valence-electron chi connectivity index (χ0n) is 17.9. The Balaban J connectivity index is 1.65. The van der Waals surface area contributed by atoms with Gasteiger partial charge in [0.25, 0.3) is 5.56 Å². The van der Waals surface area contributed by atoms with E-state index in [1.165, 1.54) is 11.8 Å². The zero-order chi connectivity index (χ0) is 22.2. The van der Waals surface area contributed by atoms with Crippen LogP contribution < -0.4 is 10.3 Å². The molecule has 32 heavy (non-hydrogen) atoms.